The Morgan fingerprint density at radius 3 is 2.33 bits per heavy atom. The largest absolute Gasteiger partial charge is 0.481 e. The van der Waals surface area contributed by atoms with Crippen LogP contribution in [-0.4, -0.2) is 13.0 Å². The normalized spacial score (nSPS) is 9.89. The van der Waals surface area contributed by atoms with Gasteiger partial charge >= 0.3 is 0 Å². The molecule has 0 saturated carbocycles. The van der Waals surface area contributed by atoms with Crippen molar-refractivity contribution in [3.8, 4) is 11.5 Å². The molecule has 0 aromatic heterocycles. The van der Waals surface area contributed by atoms with Gasteiger partial charge in [-0.2, -0.15) is 0 Å². The molecule has 18 heavy (non-hydrogen) atoms. The van der Waals surface area contributed by atoms with Gasteiger partial charge in [0.25, 0.3) is 0 Å². The van der Waals surface area contributed by atoms with Crippen LogP contribution in [0.4, 0.5) is 0 Å². The first-order chi connectivity index (χ1) is 8.70. The van der Waals surface area contributed by atoms with Gasteiger partial charge in [-0.05, 0) is 36.4 Å². The molecule has 0 radical (unpaired) electrons. The molecule has 0 spiro atoms. The lowest BCUT2D eigenvalue weighted by atomic mass is 10.2. The van der Waals surface area contributed by atoms with Gasteiger partial charge < -0.3 is 9.47 Å². The zero-order valence-corrected chi connectivity index (χ0v) is 10.6. The van der Waals surface area contributed by atoms with E-state index >= 15 is 0 Å². The molecule has 2 rings (SSSR count). The summed E-state index contributed by atoms with van der Waals surface area (Å²) in [5.74, 6) is 1.39. The second-order valence-electron chi connectivity index (χ2n) is 3.59. The first-order valence-electron chi connectivity index (χ1n) is 5.36. The van der Waals surface area contributed by atoms with Crippen LogP contribution in [0.15, 0.2) is 48.5 Å². The predicted octanol–water partition coefficient (Wildman–Crippen LogP) is 4.10. The molecule has 0 aliphatic carbocycles. The first-order valence-corrected chi connectivity index (χ1v) is 5.74. The summed E-state index contributed by atoms with van der Waals surface area (Å²) in [7, 11) is 1.47. The summed E-state index contributed by atoms with van der Waals surface area (Å²) in [5.41, 5.74) is 0.698. The number of halogens is 1. The Morgan fingerprint density at radius 1 is 1.06 bits per heavy atom. The molecule has 4 heteroatoms. The summed E-state index contributed by atoms with van der Waals surface area (Å²) in [5, 5.41) is 8.08. The van der Waals surface area contributed by atoms with Crippen LogP contribution in [0.25, 0.3) is 0 Å². The molecule has 0 aliphatic heterocycles. The summed E-state index contributed by atoms with van der Waals surface area (Å²) in [4.78, 5) is 0. The van der Waals surface area contributed by atoms with Gasteiger partial charge in [0.2, 0.25) is 5.90 Å². The van der Waals surface area contributed by atoms with Crippen LogP contribution in [0, 0.1) is 5.41 Å². The number of benzene rings is 2. The van der Waals surface area contributed by atoms with Gasteiger partial charge in [-0.15, -0.1) is 0 Å². The van der Waals surface area contributed by atoms with E-state index in [2.05, 4.69) is 0 Å². The number of methoxy groups -OCH3 is 1. The minimum absolute atomic E-state index is 0.124. The highest BCUT2D eigenvalue weighted by Gasteiger charge is 2.04. The van der Waals surface area contributed by atoms with Crippen molar-refractivity contribution < 1.29 is 9.47 Å². The highest BCUT2D eigenvalue weighted by atomic mass is 35.5. The third-order valence-electron chi connectivity index (χ3n) is 2.39. The van der Waals surface area contributed by atoms with Crippen LogP contribution in [0.2, 0.25) is 5.02 Å². The molecular formula is C14H12ClNO2. The predicted molar refractivity (Wildman–Crippen MR) is 71.8 cm³/mol. The number of ether oxygens (including phenoxy) is 2. The number of hydrogen-bond donors (Lipinski definition) is 1. The van der Waals surface area contributed by atoms with E-state index in [1.807, 2.05) is 12.1 Å². The molecule has 0 saturated heterocycles. The zero-order chi connectivity index (χ0) is 13.0. The minimum atomic E-state index is 0.124. The van der Waals surface area contributed by atoms with Crippen LogP contribution in [-0.2, 0) is 4.74 Å². The van der Waals surface area contributed by atoms with Crippen molar-refractivity contribution in [2.24, 2.45) is 0 Å². The molecule has 92 valence electrons. The molecule has 0 amide bonds. The van der Waals surface area contributed by atoms with Crippen LogP contribution >= 0.6 is 11.6 Å². The van der Waals surface area contributed by atoms with E-state index < -0.39 is 0 Å². The lowest BCUT2D eigenvalue weighted by Crippen LogP contribution is -2.00. The molecule has 0 atom stereocenters. The fourth-order valence-corrected chi connectivity index (χ4v) is 1.62. The lowest BCUT2D eigenvalue weighted by Gasteiger charge is -2.08. The highest BCUT2D eigenvalue weighted by molar-refractivity contribution is 6.32. The fraction of sp³-hybridized carbons (Fsp3) is 0.0714. The van der Waals surface area contributed by atoms with Crippen molar-refractivity contribution in [3.05, 3.63) is 59.1 Å². The van der Waals surface area contributed by atoms with Crippen molar-refractivity contribution in [1.29, 1.82) is 5.41 Å². The van der Waals surface area contributed by atoms with E-state index in [1.165, 1.54) is 7.11 Å². The van der Waals surface area contributed by atoms with E-state index in [0.717, 1.165) is 0 Å². The van der Waals surface area contributed by atoms with Gasteiger partial charge in [0.1, 0.15) is 11.5 Å². The monoisotopic (exact) mass is 261 g/mol. The Balaban J connectivity index is 2.16. The Morgan fingerprint density at radius 2 is 1.72 bits per heavy atom. The van der Waals surface area contributed by atoms with Crippen LogP contribution in [0.5, 0.6) is 11.5 Å². The van der Waals surface area contributed by atoms with Crippen molar-refractivity contribution >= 4 is 17.5 Å². The SMILES string of the molecule is COC(=N)c1ccc(Oc2ccccc2Cl)cc1. The summed E-state index contributed by atoms with van der Waals surface area (Å²) < 4.78 is 10.5. The number of nitrogens with one attached hydrogen (secondary N) is 1. The van der Waals surface area contributed by atoms with Gasteiger partial charge in [0.05, 0.1) is 12.1 Å². The maximum Gasteiger partial charge on any atom is 0.212 e. The van der Waals surface area contributed by atoms with E-state index in [0.29, 0.717) is 22.1 Å². The summed E-state index contributed by atoms with van der Waals surface area (Å²) in [6, 6.07) is 14.3. The van der Waals surface area contributed by atoms with Crippen molar-refractivity contribution in [2.45, 2.75) is 0 Å². The van der Waals surface area contributed by atoms with E-state index in [9.17, 15) is 0 Å². The molecular weight excluding hydrogens is 250 g/mol. The number of hydrogen-bond acceptors (Lipinski definition) is 3. The minimum Gasteiger partial charge on any atom is -0.481 e. The van der Waals surface area contributed by atoms with E-state index in [1.54, 1.807) is 36.4 Å². The first kappa shape index (κ1) is 12.5. The Hall–Kier alpha value is -2.00. The topological polar surface area (TPSA) is 42.3 Å². The van der Waals surface area contributed by atoms with E-state index in [-0.39, 0.29) is 5.90 Å². The Labute approximate surface area is 110 Å². The van der Waals surface area contributed by atoms with Crippen molar-refractivity contribution in [3.63, 3.8) is 0 Å². The Bertz CT molecular complexity index is 552. The second-order valence-corrected chi connectivity index (χ2v) is 4.00. The third kappa shape index (κ3) is 2.81. The zero-order valence-electron chi connectivity index (χ0n) is 9.81. The van der Waals surface area contributed by atoms with Crippen molar-refractivity contribution in [1.82, 2.24) is 0 Å². The average molecular weight is 262 g/mol. The van der Waals surface area contributed by atoms with Crippen LogP contribution < -0.4 is 4.74 Å². The summed E-state index contributed by atoms with van der Waals surface area (Å²) in [6.07, 6.45) is 0. The highest BCUT2D eigenvalue weighted by Crippen LogP contribution is 2.28. The summed E-state index contributed by atoms with van der Waals surface area (Å²) in [6.45, 7) is 0. The van der Waals surface area contributed by atoms with Gasteiger partial charge in [-0.3, -0.25) is 5.41 Å². The van der Waals surface area contributed by atoms with Gasteiger partial charge in [0, 0.05) is 5.56 Å². The Kier molecular flexibility index (Phi) is 3.85. The van der Waals surface area contributed by atoms with E-state index in [4.69, 9.17) is 26.5 Å². The maximum atomic E-state index is 7.52. The molecule has 0 bridgehead atoms. The average Bonchev–Trinajstić information content (AvgIpc) is 2.41. The van der Waals surface area contributed by atoms with Gasteiger partial charge in [-0.1, -0.05) is 23.7 Å². The molecule has 0 fully saturated rings. The standard InChI is InChI=1S/C14H12ClNO2/c1-17-14(16)10-6-8-11(9-7-10)18-13-5-3-2-4-12(13)15/h2-9,16H,1H3. The molecule has 3 nitrogen and oxygen atoms in total. The van der Waals surface area contributed by atoms with Gasteiger partial charge in [-0.25, -0.2) is 0 Å². The third-order valence-corrected chi connectivity index (χ3v) is 2.70. The van der Waals surface area contributed by atoms with Crippen molar-refractivity contribution in [2.75, 3.05) is 7.11 Å². The molecule has 0 aliphatic rings. The molecule has 2 aromatic rings. The fourth-order valence-electron chi connectivity index (χ4n) is 1.45. The van der Waals surface area contributed by atoms with Crippen LogP contribution in [0.3, 0.4) is 0 Å². The second kappa shape index (κ2) is 5.56. The lowest BCUT2D eigenvalue weighted by molar-refractivity contribution is 0.401. The smallest absolute Gasteiger partial charge is 0.212 e. The number of para-hydroxylation sites is 1. The molecule has 0 unspecified atom stereocenters. The van der Waals surface area contributed by atoms with Crippen LogP contribution in [0.1, 0.15) is 5.56 Å². The van der Waals surface area contributed by atoms with Gasteiger partial charge in [0.15, 0.2) is 0 Å². The molecule has 1 N–H and O–H groups in total. The quantitative estimate of drug-likeness (QED) is 0.667. The maximum absolute atomic E-state index is 7.52. The molecule has 0 heterocycles. The summed E-state index contributed by atoms with van der Waals surface area (Å²) >= 11 is 6.00. The number of rotatable bonds is 3. The molecule has 2 aromatic carbocycles.